The average molecular weight is 246 g/mol. The largest absolute Gasteiger partial charge is 0.219 e. The summed E-state index contributed by atoms with van der Waals surface area (Å²) in [6, 6.07) is 8.66. The average Bonchev–Trinajstić information content (AvgIpc) is 2.38. The fraction of sp³-hybridized carbons (Fsp3) is 0.0833. The van der Waals surface area contributed by atoms with E-state index in [2.05, 4.69) is 10.2 Å². The van der Waals surface area contributed by atoms with Gasteiger partial charge in [-0.15, -0.1) is 0 Å². The van der Waals surface area contributed by atoms with E-state index in [1.54, 1.807) is 30.4 Å². The van der Waals surface area contributed by atoms with E-state index >= 15 is 0 Å². The van der Waals surface area contributed by atoms with Gasteiger partial charge < -0.3 is 0 Å². The van der Waals surface area contributed by atoms with Crippen molar-refractivity contribution >= 4 is 20.8 Å². The van der Waals surface area contributed by atoms with Gasteiger partial charge in [0.05, 0.1) is 5.69 Å². The maximum atomic E-state index is 11.0. The maximum absolute atomic E-state index is 11.0. The topological polar surface area (TPSA) is 58.9 Å². The molecule has 0 amide bonds. The number of azo groups is 1. The van der Waals surface area contributed by atoms with Gasteiger partial charge in [0.1, 0.15) is 10.9 Å². The van der Waals surface area contributed by atoms with Crippen LogP contribution in [0.2, 0.25) is 0 Å². The van der Waals surface area contributed by atoms with Gasteiger partial charge in [0.2, 0.25) is 10.3 Å². The Hall–Kier alpha value is -2.01. The summed E-state index contributed by atoms with van der Waals surface area (Å²) < 4.78 is 21.9. The first-order chi connectivity index (χ1) is 8.27. The molecule has 5 heteroatoms. The van der Waals surface area contributed by atoms with E-state index in [1.165, 1.54) is 6.08 Å². The molecule has 0 aliphatic heterocycles. The molecule has 0 N–H and O–H groups in total. The Morgan fingerprint density at radius 2 is 1.82 bits per heavy atom. The van der Waals surface area contributed by atoms with Gasteiger partial charge in [-0.3, -0.25) is 0 Å². The molecular weight excluding hydrogens is 236 g/mol. The van der Waals surface area contributed by atoms with Crippen LogP contribution in [0.15, 0.2) is 64.9 Å². The molecule has 0 saturated carbocycles. The van der Waals surface area contributed by atoms with Crippen LogP contribution in [0.4, 0.5) is 5.69 Å². The zero-order valence-corrected chi connectivity index (χ0v) is 9.71. The number of nitrogens with zero attached hydrogens (tertiary/aromatic N) is 2. The smallest absolute Gasteiger partial charge is 0.184 e. The van der Waals surface area contributed by atoms with Crippen molar-refractivity contribution in [2.24, 2.45) is 10.2 Å². The summed E-state index contributed by atoms with van der Waals surface area (Å²) in [6.45, 7) is 0. The molecule has 0 saturated heterocycles. The first-order valence-electron chi connectivity index (χ1n) is 5.04. The number of allylic oxidation sites excluding steroid dienone is 2. The van der Waals surface area contributed by atoms with Crippen LogP contribution in [0.3, 0.4) is 0 Å². The third-order valence-corrected chi connectivity index (χ3v) is 2.97. The third kappa shape index (κ3) is 2.98. The summed E-state index contributed by atoms with van der Waals surface area (Å²) in [5.74, 6) is 0. The van der Waals surface area contributed by atoms with Gasteiger partial charge in [-0.2, -0.15) is 18.6 Å². The molecule has 1 aromatic rings. The van der Waals surface area contributed by atoms with E-state index < -0.39 is 16.3 Å². The highest BCUT2D eigenvalue weighted by Gasteiger charge is 2.13. The normalized spacial score (nSPS) is 18.8. The predicted octanol–water partition coefficient (Wildman–Crippen LogP) is 2.32. The van der Waals surface area contributed by atoms with Crippen molar-refractivity contribution in [1.29, 1.82) is 0 Å². The monoisotopic (exact) mass is 246 g/mol. The summed E-state index contributed by atoms with van der Waals surface area (Å²) in [5, 5.41) is 8.02. The highest BCUT2D eigenvalue weighted by Crippen LogP contribution is 2.13. The van der Waals surface area contributed by atoms with Crippen LogP contribution in [-0.2, 0) is 10.3 Å². The number of hydrogen-bond acceptors (Lipinski definition) is 4. The lowest BCUT2D eigenvalue weighted by Crippen LogP contribution is -2.16. The maximum Gasteiger partial charge on any atom is 0.219 e. The van der Waals surface area contributed by atoms with E-state index in [4.69, 9.17) is 0 Å². The highest BCUT2D eigenvalue weighted by atomic mass is 32.2. The van der Waals surface area contributed by atoms with Gasteiger partial charge in [0.25, 0.3) is 0 Å². The molecule has 1 unspecified atom stereocenters. The van der Waals surface area contributed by atoms with Crippen molar-refractivity contribution in [2.45, 2.75) is 6.04 Å². The van der Waals surface area contributed by atoms with E-state index in [9.17, 15) is 8.42 Å². The summed E-state index contributed by atoms with van der Waals surface area (Å²) in [4.78, 5) is 0.229. The summed E-state index contributed by atoms with van der Waals surface area (Å²) >= 11 is 0. The zero-order valence-electron chi connectivity index (χ0n) is 8.89. The SMILES string of the molecule is O=S(=O)=C1C=CC=CC1N=Nc1ccccc1. The van der Waals surface area contributed by atoms with Crippen LogP contribution in [-0.4, -0.2) is 19.3 Å². The third-order valence-electron chi connectivity index (χ3n) is 2.20. The molecule has 0 fully saturated rings. The lowest BCUT2D eigenvalue weighted by Gasteiger charge is -2.06. The van der Waals surface area contributed by atoms with E-state index in [1.807, 2.05) is 18.2 Å². The van der Waals surface area contributed by atoms with Gasteiger partial charge in [-0.25, -0.2) is 0 Å². The van der Waals surface area contributed by atoms with Crippen LogP contribution >= 0.6 is 0 Å². The molecule has 1 atom stereocenters. The minimum absolute atomic E-state index is 0.229. The minimum atomic E-state index is -2.27. The van der Waals surface area contributed by atoms with Gasteiger partial charge in [-0.05, 0) is 18.2 Å². The number of hydrogen-bond donors (Lipinski definition) is 0. The van der Waals surface area contributed by atoms with E-state index in [0.717, 1.165) is 0 Å². The zero-order chi connectivity index (χ0) is 12.1. The van der Waals surface area contributed by atoms with Crippen LogP contribution < -0.4 is 0 Å². The highest BCUT2D eigenvalue weighted by molar-refractivity contribution is 7.73. The van der Waals surface area contributed by atoms with Crippen molar-refractivity contribution in [3.63, 3.8) is 0 Å². The summed E-state index contributed by atoms with van der Waals surface area (Å²) in [5.41, 5.74) is 0.700. The van der Waals surface area contributed by atoms with Crippen LogP contribution in [0.1, 0.15) is 0 Å². The quantitative estimate of drug-likeness (QED) is 0.594. The first-order valence-corrected chi connectivity index (χ1v) is 6.12. The second kappa shape index (κ2) is 5.36. The van der Waals surface area contributed by atoms with E-state index in [-0.39, 0.29) is 4.86 Å². The van der Waals surface area contributed by atoms with Crippen molar-refractivity contribution in [2.75, 3.05) is 0 Å². The lowest BCUT2D eigenvalue weighted by atomic mass is 10.1. The Balaban J connectivity index is 2.25. The second-order valence-electron chi connectivity index (χ2n) is 3.38. The standard InChI is InChI=1S/C12H10N2O2S/c15-17(16)12-9-5-4-8-11(12)14-13-10-6-2-1-3-7-10/h1-9,11H. The molecular formula is C12H10N2O2S. The Bertz CT molecular complexity index is 605. The summed E-state index contributed by atoms with van der Waals surface area (Å²) in [7, 11) is -2.27. The summed E-state index contributed by atoms with van der Waals surface area (Å²) in [6.07, 6.45) is 6.64. The molecule has 0 aromatic heterocycles. The molecule has 0 radical (unpaired) electrons. The van der Waals surface area contributed by atoms with Crippen molar-refractivity contribution in [1.82, 2.24) is 0 Å². The van der Waals surface area contributed by atoms with Crippen molar-refractivity contribution < 1.29 is 8.42 Å². The van der Waals surface area contributed by atoms with Crippen LogP contribution in [0.5, 0.6) is 0 Å². The van der Waals surface area contributed by atoms with Crippen molar-refractivity contribution in [3.05, 3.63) is 54.6 Å². The second-order valence-corrected chi connectivity index (χ2v) is 4.32. The van der Waals surface area contributed by atoms with Gasteiger partial charge in [0, 0.05) is 0 Å². The van der Waals surface area contributed by atoms with E-state index in [0.29, 0.717) is 5.69 Å². The molecule has 86 valence electrons. The predicted molar refractivity (Wildman–Crippen MR) is 67.0 cm³/mol. The molecule has 1 aromatic carbocycles. The molecule has 0 spiro atoms. The van der Waals surface area contributed by atoms with Gasteiger partial charge in [-0.1, -0.05) is 36.4 Å². The fourth-order valence-corrected chi connectivity index (χ4v) is 1.90. The Labute approximate surface area is 101 Å². The Morgan fingerprint density at radius 3 is 2.53 bits per heavy atom. The number of rotatable bonds is 2. The fourth-order valence-electron chi connectivity index (χ4n) is 1.39. The van der Waals surface area contributed by atoms with Crippen LogP contribution in [0, 0.1) is 0 Å². The van der Waals surface area contributed by atoms with Crippen molar-refractivity contribution in [3.8, 4) is 0 Å². The molecule has 4 nitrogen and oxygen atoms in total. The molecule has 0 bridgehead atoms. The lowest BCUT2D eigenvalue weighted by molar-refractivity contribution is 0.626. The minimum Gasteiger partial charge on any atom is -0.184 e. The van der Waals surface area contributed by atoms with Gasteiger partial charge in [0.15, 0.2) is 0 Å². The molecule has 1 aliphatic carbocycles. The number of benzene rings is 1. The Kier molecular flexibility index (Phi) is 3.62. The van der Waals surface area contributed by atoms with Crippen LogP contribution in [0.25, 0.3) is 0 Å². The molecule has 0 heterocycles. The first kappa shape index (κ1) is 11.5. The molecule has 17 heavy (non-hydrogen) atoms. The Morgan fingerprint density at radius 1 is 1.06 bits per heavy atom. The molecule has 1 aliphatic rings. The molecule has 2 rings (SSSR count). The van der Waals surface area contributed by atoms with Gasteiger partial charge >= 0.3 is 0 Å².